The van der Waals surface area contributed by atoms with Crippen molar-refractivity contribution in [1.29, 1.82) is 0 Å². The van der Waals surface area contributed by atoms with Crippen LogP contribution in [0.3, 0.4) is 0 Å². The Morgan fingerprint density at radius 3 is 2.32 bits per heavy atom. The Morgan fingerprint density at radius 1 is 1.04 bits per heavy atom. The van der Waals surface area contributed by atoms with Crippen LogP contribution >= 0.6 is 11.6 Å². The van der Waals surface area contributed by atoms with Crippen LogP contribution in [-0.2, 0) is 19.1 Å². The number of hydrogen-bond acceptors (Lipinski definition) is 5. The van der Waals surface area contributed by atoms with E-state index in [0.717, 1.165) is 0 Å². The molecule has 0 aliphatic rings. The van der Waals surface area contributed by atoms with Crippen molar-refractivity contribution in [3.63, 3.8) is 0 Å². The zero-order chi connectivity index (χ0) is 20.5. The monoisotopic (exact) mass is 408 g/mol. The normalized spacial score (nSPS) is 11.2. The number of rotatable bonds is 8. The number of ether oxygens (including phenoxy) is 2. The first-order valence-electron chi connectivity index (χ1n) is 8.24. The molecule has 0 unspecified atom stereocenters. The van der Waals surface area contributed by atoms with Gasteiger partial charge in [-0.25, -0.2) is 9.18 Å². The maximum absolute atomic E-state index is 12.8. The highest BCUT2D eigenvalue weighted by Gasteiger charge is 2.18. The third kappa shape index (κ3) is 7.24. The fraction of sp³-hybridized carbons (Fsp3) is 0.211. The minimum absolute atomic E-state index is 0.329. The highest BCUT2D eigenvalue weighted by atomic mass is 35.5. The van der Waals surface area contributed by atoms with E-state index < -0.39 is 36.3 Å². The minimum Gasteiger partial charge on any atom is -0.479 e. The van der Waals surface area contributed by atoms with Crippen LogP contribution < -0.4 is 15.4 Å². The average Bonchev–Trinajstić information content (AvgIpc) is 2.68. The molecule has 2 aromatic carbocycles. The zero-order valence-corrected chi connectivity index (χ0v) is 15.7. The van der Waals surface area contributed by atoms with Crippen LogP contribution in [0.5, 0.6) is 5.75 Å². The maximum atomic E-state index is 12.8. The van der Waals surface area contributed by atoms with Gasteiger partial charge in [-0.3, -0.25) is 9.59 Å². The summed E-state index contributed by atoms with van der Waals surface area (Å²) >= 11 is 5.76. The molecular weight excluding hydrogens is 391 g/mol. The summed E-state index contributed by atoms with van der Waals surface area (Å²) in [7, 11) is 0. The molecule has 0 aromatic heterocycles. The molecule has 0 aliphatic carbocycles. The number of carbonyl (C=O) groups excluding carboxylic acids is 3. The summed E-state index contributed by atoms with van der Waals surface area (Å²) in [5.74, 6) is -1.90. The van der Waals surface area contributed by atoms with Gasteiger partial charge in [-0.15, -0.1) is 0 Å². The second kappa shape index (κ2) is 10.3. The van der Waals surface area contributed by atoms with Gasteiger partial charge in [0.1, 0.15) is 11.6 Å². The van der Waals surface area contributed by atoms with E-state index in [2.05, 4.69) is 10.6 Å². The second-order valence-electron chi connectivity index (χ2n) is 5.65. The first-order valence-corrected chi connectivity index (χ1v) is 8.62. The van der Waals surface area contributed by atoms with Gasteiger partial charge >= 0.3 is 5.97 Å². The summed E-state index contributed by atoms with van der Waals surface area (Å²) in [4.78, 5) is 35.3. The van der Waals surface area contributed by atoms with Crippen molar-refractivity contribution in [2.75, 3.05) is 18.5 Å². The van der Waals surface area contributed by atoms with E-state index in [0.29, 0.717) is 16.5 Å². The number of halogens is 2. The van der Waals surface area contributed by atoms with Gasteiger partial charge in [0.2, 0.25) is 5.91 Å². The molecule has 2 N–H and O–H groups in total. The van der Waals surface area contributed by atoms with Crippen molar-refractivity contribution >= 4 is 35.1 Å². The Hall–Kier alpha value is -3.13. The first-order chi connectivity index (χ1) is 13.3. The summed E-state index contributed by atoms with van der Waals surface area (Å²) in [6.45, 7) is 0.590. The van der Waals surface area contributed by atoms with Crippen molar-refractivity contribution < 1.29 is 28.2 Å². The largest absolute Gasteiger partial charge is 0.479 e. The van der Waals surface area contributed by atoms with Crippen LogP contribution in [0.1, 0.15) is 6.92 Å². The molecule has 0 aliphatic heterocycles. The molecule has 0 spiro atoms. The van der Waals surface area contributed by atoms with Gasteiger partial charge in [0, 0.05) is 10.7 Å². The summed E-state index contributed by atoms with van der Waals surface area (Å²) < 4.78 is 23.0. The van der Waals surface area contributed by atoms with Crippen LogP contribution in [0.15, 0.2) is 48.5 Å². The molecule has 28 heavy (non-hydrogen) atoms. The van der Waals surface area contributed by atoms with Crippen molar-refractivity contribution in [1.82, 2.24) is 5.32 Å². The molecule has 0 bridgehead atoms. The Balaban J connectivity index is 1.67. The predicted molar refractivity (Wildman–Crippen MR) is 101 cm³/mol. The lowest BCUT2D eigenvalue weighted by atomic mass is 10.3. The average molecular weight is 409 g/mol. The molecule has 0 heterocycles. The van der Waals surface area contributed by atoms with Crippen LogP contribution in [0.4, 0.5) is 10.1 Å². The van der Waals surface area contributed by atoms with E-state index in [9.17, 15) is 18.8 Å². The van der Waals surface area contributed by atoms with E-state index in [-0.39, 0.29) is 6.54 Å². The number of nitrogens with one attached hydrogen (secondary N) is 2. The third-order valence-electron chi connectivity index (χ3n) is 3.38. The van der Waals surface area contributed by atoms with E-state index in [4.69, 9.17) is 21.1 Å². The summed E-state index contributed by atoms with van der Waals surface area (Å²) in [6, 6.07) is 11.6. The molecule has 0 radical (unpaired) electrons. The molecule has 2 aromatic rings. The third-order valence-corrected chi connectivity index (χ3v) is 3.63. The number of amides is 2. The molecule has 9 heteroatoms. The molecule has 7 nitrogen and oxygen atoms in total. The maximum Gasteiger partial charge on any atom is 0.347 e. The second-order valence-corrected chi connectivity index (χ2v) is 6.09. The lowest BCUT2D eigenvalue weighted by Gasteiger charge is -2.14. The predicted octanol–water partition coefficient (Wildman–Crippen LogP) is 2.54. The Labute approximate surface area is 165 Å². The van der Waals surface area contributed by atoms with Crippen LogP contribution in [0.2, 0.25) is 5.02 Å². The summed E-state index contributed by atoms with van der Waals surface area (Å²) in [5.41, 5.74) is 0.389. The Bertz CT molecular complexity index is 827. The van der Waals surface area contributed by atoms with Crippen LogP contribution in [-0.4, -0.2) is 37.0 Å². The van der Waals surface area contributed by atoms with Crippen molar-refractivity contribution in [2.45, 2.75) is 13.0 Å². The van der Waals surface area contributed by atoms with Crippen LogP contribution in [0, 0.1) is 5.82 Å². The smallest absolute Gasteiger partial charge is 0.347 e. The molecule has 0 fully saturated rings. The van der Waals surface area contributed by atoms with Gasteiger partial charge in [0.15, 0.2) is 12.7 Å². The van der Waals surface area contributed by atoms with Crippen LogP contribution in [0.25, 0.3) is 0 Å². The van der Waals surface area contributed by atoms with Crippen molar-refractivity contribution in [3.05, 3.63) is 59.4 Å². The minimum atomic E-state index is -0.934. The number of benzene rings is 2. The number of carbonyl (C=O) groups is 3. The lowest BCUT2D eigenvalue weighted by Crippen LogP contribution is -2.37. The topological polar surface area (TPSA) is 93.7 Å². The fourth-order valence-electron chi connectivity index (χ4n) is 1.99. The van der Waals surface area contributed by atoms with Gasteiger partial charge in [-0.2, -0.15) is 0 Å². The summed E-state index contributed by atoms with van der Waals surface area (Å²) in [5, 5.41) is 5.32. The Kier molecular flexibility index (Phi) is 7.76. The molecule has 2 rings (SSSR count). The van der Waals surface area contributed by atoms with E-state index >= 15 is 0 Å². The fourth-order valence-corrected chi connectivity index (χ4v) is 2.11. The number of esters is 1. The highest BCUT2D eigenvalue weighted by molar-refractivity contribution is 6.30. The van der Waals surface area contributed by atoms with Gasteiger partial charge in [0.25, 0.3) is 5.91 Å². The Morgan fingerprint density at radius 2 is 1.68 bits per heavy atom. The van der Waals surface area contributed by atoms with E-state index in [1.54, 1.807) is 24.3 Å². The summed E-state index contributed by atoms with van der Waals surface area (Å²) in [6.07, 6.45) is -0.934. The quantitative estimate of drug-likeness (QED) is 0.655. The molecular formula is C19H18ClFN2O5. The first kappa shape index (κ1) is 21.2. The zero-order valence-electron chi connectivity index (χ0n) is 14.9. The van der Waals surface area contributed by atoms with Gasteiger partial charge < -0.3 is 20.1 Å². The van der Waals surface area contributed by atoms with Gasteiger partial charge in [0.05, 0.1) is 6.54 Å². The lowest BCUT2D eigenvalue weighted by molar-refractivity contribution is -0.154. The SMILES string of the molecule is C[C@H](Oc1ccc(Cl)cc1)C(=O)OCC(=O)NCC(=O)Nc1ccc(F)cc1. The van der Waals surface area contributed by atoms with Crippen molar-refractivity contribution in [2.24, 2.45) is 0 Å². The number of anilines is 1. The van der Waals surface area contributed by atoms with Crippen molar-refractivity contribution in [3.8, 4) is 5.75 Å². The van der Waals surface area contributed by atoms with E-state index in [1.165, 1.54) is 31.2 Å². The van der Waals surface area contributed by atoms with Gasteiger partial charge in [-0.05, 0) is 55.5 Å². The standard InChI is InChI=1S/C19H18ClFN2O5/c1-12(28-16-8-2-13(20)3-9-16)19(26)27-11-18(25)22-10-17(24)23-15-6-4-14(21)5-7-15/h2-9,12H,10-11H2,1H3,(H,22,25)(H,23,24)/t12-/m0/s1. The number of hydrogen-bond donors (Lipinski definition) is 2. The molecule has 1 atom stereocenters. The highest BCUT2D eigenvalue weighted by Crippen LogP contribution is 2.17. The van der Waals surface area contributed by atoms with E-state index in [1.807, 2.05) is 0 Å². The molecule has 2 amide bonds. The molecule has 0 saturated carbocycles. The van der Waals surface area contributed by atoms with Gasteiger partial charge in [-0.1, -0.05) is 11.6 Å². The molecule has 0 saturated heterocycles. The molecule has 148 valence electrons.